The zero-order valence-corrected chi connectivity index (χ0v) is 15.5. The molecule has 0 saturated carbocycles. The minimum Gasteiger partial charge on any atom is -0.353 e. The van der Waals surface area contributed by atoms with Crippen molar-refractivity contribution in [3.05, 3.63) is 42.0 Å². The number of aromatic nitrogens is 2. The molecule has 0 radical (unpaired) electrons. The van der Waals surface area contributed by atoms with Crippen molar-refractivity contribution < 1.29 is 0 Å². The minimum absolute atomic E-state index is 0. The van der Waals surface area contributed by atoms with Crippen LogP contribution in [0.4, 0.5) is 5.82 Å². The molecular formula is C17H25Cl2N5. The normalized spacial score (nSPS) is 14.7. The van der Waals surface area contributed by atoms with Gasteiger partial charge in [0.15, 0.2) is 5.82 Å². The summed E-state index contributed by atoms with van der Waals surface area (Å²) in [5.41, 5.74) is 8.84. The van der Waals surface area contributed by atoms with Crippen molar-refractivity contribution >= 4 is 30.6 Å². The van der Waals surface area contributed by atoms with Gasteiger partial charge >= 0.3 is 0 Å². The Balaban J connectivity index is 0.00000144. The van der Waals surface area contributed by atoms with Crippen LogP contribution in [0.25, 0.3) is 11.3 Å². The highest BCUT2D eigenvalue weighted by atomic mass is 35.5. The highest BCUT2D eigenvalue weighted by Gasteiger charge is 2.15. The number of benzene rings is 1. The molecular weight excluding hydrogens is 345 g/mol. The predicted octanol–water partition coefficient (Wildman–Crippen LogP) is 2.24. The van der Waals surface area contributed by atoms with Gasteiger partial charge in [0.05, 0.1) is 5.69 Å². The van der Waals surface area contributed by atoms with Crippen LogP contribution in [-0.2, 0) is 6.42 Å². The Morgan fingerprint density at radius 1 is 0.917 bits per heavy atom. The molecule has 132 valence electrons. The molecule has 1 aliphatic heterocycles. The van der Waals surface area contributed by atoms with E-state index < -0.39 is 0 Å². The standard InChI is InChI=1S/C17H23N5.2ClH/c1-21-10-12-22(13-11-21)17-7-6-16(19-20-17)15-4-2-14(3-5-15)8-9-18;;/h2-7H,8-13,18H2,1H3;2*1H. The van der Waals surface area contributed by atoms with E-state index in [0.29, 0.717) is 6.54 Å². The van der Waals surface area contributed by atoms with E-state index in [4.69, 9.17) is 5.73 Å². The van der Waals surface area contributed by atoms with Crippen molar-refractivity contribution in [2.45, 2.75) is 6.42 Å². The summed E-state index contributed by atoms with van der Waals surface area (Å²) in [5.74, 6) is 0.969. The first-order chi connectivity index (χ1) is 10.8. The molecule has 7 heteroatoms. The van der Waals surface area contributed by atoms with Gasteiger partial charge in [0, 0.05) is 31.7 Å². The number of nitrogens with zero attached hydrogens (tertiary/aromatic N) is 4. The Morgan fingerprint density at radius 3 is 2.12 bits per heavy atom. The quantitative estimate of drug-likeness (QED) is 0.895. The van der Waals surface area contributed by atoms with E-state index in [1.165, 1.54) is 5.56 Å². The smallest absolute Gasteiger partial charge is 0.151 e. The number of anilines is 1. The molecule has 1 aliphatic rings. The summed E-state index contributed by atoms with van der Waals surface area (Å²) < 4.78 is 0. The minimum atomic E-state index is 0. The van der Waals surface area contributed by atoms with Crippen LogP contribution in [-0.4, -0.2) is 54.9 Å². The monoisotopic (exact) mass is 369 g/mol. The maximum Gasteiger partial charge on any atom is 0.151 e. The summed E-state index contributed by atoms with van der Waals surface area (Å²) in [5, 5.41) is 8.79. The number of nitrogens with two attached hydrogens (primary N) is 1. The van der Waals surface area contributed by atoms with E-state index in [2.05, 4.69) is 63.4 Å². The van der Waals surface area contributed by atoms with Crippen LogP contribution in [0.3, 0.4) is 0 Å². The number of hydrogen-bond donors (Lipinski definition) is 1. The van der Waals surface area contributed by atoms with Crippen LogP contribution in [0, 0.1) is 0 Å². The fourth-order valence-corrected chi connectivity index (χ4v) is 2.69. The SMILES string of the molecule is CN1CCN(c2ccc(-c3ccc(CCN)cc3)nn2)CC1.Cl.Cl. The second-order valence-electron chi connectivity index (χ2n) is 5.80. The van der Waals surface area contributed by atoms with E-state index in [1.807, 2.05) is 0 Å². The van der Waals surface area contributed by atoms with E-state index >= 15 is 0 Å². The van der Waals surface area contributed by atoms with Crippen LogP contribution in [0.1, 0.15) is 5.56 Å². The molecule has 1 aromatic heterocycles. The lowest BCUT2D eigenvalue weighted by molar-refractivity contribution is 0.312. The number of piperazine rings is 1. The first-order valence-corrected chi connectivity index (χ1v) is 7.83. The molecule has 2 aromatic rings. The molecule has 3 rings (SSSR count). The van der Waals surface area contributed by atoms with Gasteiger partial charge in [0.2, 0.25) is 0 Å². The van der Waals surface area contributed by atoms with Gasteiger partial charge in [-0.1, -0.05) is 24.3 Å². The van der Waals surface area contributed by atoms with Gasteiger partial charge in [-0.05, 0) is 37.7 Å². The third-order valence-corrected chi connectivity index (χ3v) is 4.16. The van der Waals surface area contributed by atoms with Gasteiger partial charge in [-0.2, -0.15) is 0 Å². The fraction of sp³-hybridized carbons (Fsp3) is 0.412. The molecule has 0 atom stereocenters. The summed E-state index contributed by atoms with van der Waals surface area (Å²) in [6, 6.07) is 12.5. The zero-order chi connectivity index (χ0) is 15.4. The Labute approximate surface area is 156 Å². The van der Waals surface area contributed by atoms with Crippen LogP contribution >= 0.6 is 24.8 Å². The van der Waals surface area contributed by atoms with Crippen molar-refractivity contribution in [3.8, 4) is 11.3 Å². The van der Waals surface area contributed by atoms with Crippen LogP contribution in [0.5, 0.6) is 0 Å². The van der Waals surface area contributed by atoms with Gasteiger partial charge < -0.3 is 15.5 Å². The van der Waals surface area contributed by atoms with Gasteiger partial charge in [0.1, 0.15) is 0 Å². The number of likely N-dealkylation sites (N-methyl/N-ethyl adjacent to an activating group) is 1. The average Bonchev–Trinajstić information content (AvgIpc) is 2.57. The maximum absolute atomic E-state index is 5.58. The van der Waals surface area contributed by atoms with Crippen LogP contribution in [0.2, 0.25) is 0 Å². The molecule has 1 saturated heterocycles. The third kappa shape index (κ3) is 5.05. The van der Waals surface area contributed by atoms with Gasteiger partial charge in [-0.25, -0.2) is 0 Å². The summed E-state index contributed by atoms with van der Waals surface area (Å²) in [6.07, 6.45) is 0.911. The Morgan fingerprint density at radius 2 is 1.58 bits per heavy atom. The van der Waals surface area contributed by atoms with Crippen molar-refractivity contribution in [3.63, 3.8) is 0 Å². The molecule has 24 heavy (non-hydrogen) atoms. The predicted molar refractivity (Wildman–Crippen MR) is 104 cm³/mol. The third-order valence-electron chi connectivity index (χ3n) is 4.16. The first-order valence-electron chi connectivity index (χ1n) is 7.83. The van der Waals surface area contributed by atoms with E-state index in [1.54, 1.807) is 0 Å². The van der Waals surface area contributed by atoms with Crippen molar-refractivity contribution in [1.82, 2.24) is 15.1 Å². The van der Waals surface area contributed by atoms with Crippen molar-refractivity contribution in [1.29, 1.82) is 0 Å². The fourth-order valence-electron chi connectivity index (χ4n) is 2.69. The molecule has 2 heterocycles. The highest BCUT2D eigenvalue weighted by molar-refractivity contribution is 5.85. The van der Waals surface area contributed by atoms with Gasteiger partial charge in [0.25, 0.3) is 0 Å². The number of halogens is 2. The van der Waals surface area contributed by atoms with Gasteiger partial charge in [-0.15, -0.1) is 35.0 Å². The highest BCUT2D eigenvalue weighted by Crippen LogP contribution is 2.20. The molecule has 1 fully saturated rings. The average molecular weight is 370 g/mol. The van der Waals surface area contributed by atoms with Crippen LogP contribution < -0.4 is 10.6 Å². The largest absolute Gasteiger partial charge is 0.353 e. The topological polar surface area (TPSA) is 58.3 Å². The second kappa shape index (κ2) is 9.79. The maximum atomic E-state index is 5.58. The van der Waals surface area contributed by atoms with Crippen molar-refractivity contribution in [2.75, 3.05) is 44.7 Å². The zero-order valence-electron chi connectivity index (χ0n) is 13.9. The van der Waals surface area contributed by atoms with Gasteiger partial charge in [-0.3, -0.25) is 0 Å². The lowest BCUT2D eigenvalue weighted by atomic mass is 10.1. The summed E-state index contributed by atoms with van der Waals surface area (Å²) >= 11 is 0. The second-order valence-corrected chi connectivity index (χ2v) is 5.80. The summed E-state index contributed by atoms with van der Waals surface area (Å²) in [6.45, 7) is 4.85. The number of rotatable bonds is 4. The first kappa shape index (κ1) is 20.6. The molecule has 0 spiro atoms. The van der Waals surface area contributed by atoms with Crippen molar-refractivity contribution in [2.24, 2.45) is 5.73 Å². The summed E-state index contributed by atoms with van der Waals surface area (Å²) in [4.78, 5) is 4.63. The van der Waals surface area contributed by atoms with Crippen LogP contribution in [0.15, 0.2) is 36.4 Å². The molecule has 0 bridgehead atoms. The van der Waals surface area contributed by atoms with E-state index in [0.717, 1.165) is 49.7 Å². The number of hydrogen-bond acceptors (Lipinski definition) is 5. The lowest BCUT2D eigenvalue weighted by Gasteiger charge is -2.32. The molecule has 2 N–H and O–H groups in total. The Kier molecular flexibility index (Phi) is 8.42. The Hall–Kier alpha value is -1.40. The van der Waals surface area contributed by atoms with E-state index in [-0.39, 0.29) is 24.8 Å². The molecule has 1 aromatic carbocycles. The lowest BCUT2D eigenvalue weighted by Crippen LogP contribution is -2.44. The summed E-state index contributed by atoms with van der Waals surface area (Å²) in [7, 11) is 2.15. The molecule has 0 aliphatic carbocycles. The Bertz CT molecular complexity index is 595. The van der Waals surface area contributed by atoms with E-state index in [9.17, 15) is 0 Å². The molecule has 0 unspecified atom stereocenters. The molecule has 5 nitrogen and oxygen atoms in total. The molecule has 0 amide bonds.